The van der Waals surface area contributed by atoms with E-state index in [4.69, 9.17) is 28.3 Å². The fraction of sp³-hybridized carbons (Fsp3) is 0.364. The van der Waals surface area contributed by atoms with E-state index in [1.54, 1.807) is 19.1 Å². The fourth-order valence-electron chi connectivity index (χ4n) is 1.17. The van der Waals surface area contributed by atoms with Gasteiger partial charge in [-0.1, -0.05) is 23.2 Å². The van der Waals surface area contributed by atoms with E-state index in [1.807, 2.05) is 0 Å². The number of aliphatic hydroxyl groups excluding tert-OH is 1. The van der Waals surface area contributed by atoms with Crippen LogP contribution >= 0.6 is 23.2 Å². The molecule has 0 aliphatic carbocycles. The molecule has 3 N–H and O–H groups in total. The largest absolute Gasteiger partial charge is 0.396 e. The molecule has 0 unspecified atom stereocenters. The smallest absolute Gasteiger partial charge is 0.319 e. The van der Waals surface area contributed by atoms with Crippen molar-refractivity contribution in [3.8, 4) is 0 Å². The predicted octanol–water partition coefficient (Wildman–Crippen LogP) is 2.81. The van der Waals surface area contributed by atoms with Gasteiger partial charge in [-0.3, -0.25) is 0 Å². The molecular weight excluding hydrogens is 263 g/mol. The summed E-state index contributed by atoms with van der Waals surface area (Å²) >= 11 is 11.9. The maximum atomic E-state index is 11.4. The molecule has 1 aromatic rings. The number of urea groups is 1. The van der Waals surface area contributed by atoms with Crippen LogP contribution in [0.5, 0.6) is 0 Å². The molecule has 0 spiro atoms. The lowest BCUT2D eigenvalue weighted by Gasteiger charge is -2.09. The third kappa shape index (κ3) is 4.42. The Morgan fingerprint density at radius 2 is 1.94 bits per heavy atom. The van der Waals surface area contributed by atoms with Gasteiger partial charge in [0, 0.05) is 28.9 Å². The maximum absolute atomic E-state index is 11.4. The molecule has 0 saturated heterocycles. The number of hydrogen-bond donors (Lipinski definition) is 3. The number of carbonyl (C=O) groups is 1. The SMILES string of the molecule is Cc1c(Cl)cc(NC(=O)NCCCO)cc1Cl. The molecule has 0 aliphatic rings. The van der Waals surface area contributed by atoms with Crippen molar-refractivity contribution >= 4 is 34.9 Å². The maximum Gasteiger partial charge on any atom is 0.319 e. The topological polar surface area (TPSA) is 61.4 Å². The monoisotopic (exact) mass is 276 g/mol. The van der Waals surface area contributed by atoms with Crippen molar-refractivity contribution in [1.29, 1.82) is 0 Å². The Balaban J connectivity index is 2.60. The van der Waals surface area contributed by atoms with Gasteiger partial charge in [-0.05, 0) is 31.0 Å². The highest BCUT2D eigenvalue weighted by Crippen LogP contribution is 2.27. The van der Waals surface area contributed by atoms with Gasteiger partial charge in [-0.15, -0.1) is 0 Å². The number of nitrogens with one attached hydrogen (secondary N) is 2. The van der Waals surface area contributed by atoms with Gasteiger partial charge < -0.3 is 15.7 Å². The third-order valence-corrected chi connectivity index (χ3v) is 2.94. The summed E-state index contributed by atoms with van der Waals surface area (Å²) in [6.07, 6.45) is 0.517. The Kier molecular flexibility index (Phi) is 5.55. The van der Waals surface area contributed by atoms with Gasteiger partial charge in [-0.25, -0.2) is 4.79 Å². The number of hydrogen-bond acceptors (Lipinski definition) is 2. The minimum atomic E-state index is -0.352. The van der Waals surface area contributed by atoms with Gasteiger partial charge >= 0.3 is 6.03 Å². The van der Waals surface area contributed by atoms with E-state index in [2.05, 4.69) is 10.6 Å². The van der Waals surface area contributed by atoms with E-state index < -0.39 is 0 Å². The van der Waals surface area contributed by atoms with Crippen LogP contribution in [0.1, 0.15) is 12.0 Å². The van der Waals surface area contributed by atoms with Crippen LogP contribution in [0.4, 0.5) is 10.5 Å². The van der Waals surface area contributed by atoms with E-state index >= 15 is 0 Å². The Morgan fingerprint density at radius 1 is 1.35 bits per heavy atom. The van der Waals surface area contributed by atoms with Crippen molar-refractivity contribution < 1.29 is 9.90 Å². The molecule has 0 saturated carbocycles. The average Bonchev–Trinajstić information content (AvgIpc) is 2.26. The van der Waals surface area contributed by atoms with E-state index in [1.165, 1.54) is 0 Å². The van der Waals surface area contributed by atoms with Crippen molar-refractivity contribution in [3.05, 3.63) is 27.7 Å². The van der Waals surface area contributed by atoms with Crippen molar-refractivity contribution in [3.63, 3.8) is 0 Å². The molecule has 0 aromatic heterocycles. The second-order valence-corrected chi connectivity index (χ2v) is 4.34. The van der Waals surface area contributed by atoms with Gasteiger partial charge in [0.1, 0.15) is 0 Å². The van der Waals surface area contributed by atoms with Gasteiger partial charge in [0.05, 0.1) is 0 Å². The molecule has 0 fully saturated rings. The lowest BCUT2D eigenvalue weighted by Crippen LogP contribution is -2.29. The van der Waals surface area contributed by atoms with E-state index in [9.17, 15) is 4.79 Å². The van der Waals surface area contributed by atoms with Crippen molar-refractivity contribution in [2.45, 2.75) is 13.3 Å². The van der Waals surface area contributed by atoms with Gasteiger partial charge in [-0.2, -0.15) is 0 Å². The lowest BCUT2D eigenvalue weighted by atomic mass is 10.2. The van der Waals surface area contributed by atoms with Gasteiger partial charge in [0.2, 0.25) is 0 Å². The zero-order chi connectivity index (χ0) is 12.8. The van der Waals surface area contributed by atoms with E-state index in [0.29, 0.717) is 28.7 Å². The number of benzene rings is 1. The first-order chi connectivity index (χ1) is 8.04. The lowest BCUT2D eigenvalue weighted by molar-refractivity contribution is 0.249. The molecule has 0 radical (unpaired) electrons. The highest BCUT2D eigenvalue weighted by Gasteiger charge is 2.06. The fourth-order valence-corrected chi connectivity index (χ4v) is 1.66. The van der Waals surface area contributed by atoms with Crippen LogP contribution in [0.3, 0.4) is 0 Å². The van der Waals surface area contributed by atoms with Crippen molar-refractivity contribution in [2.75, 3.05) is 18.5 Å². The summed E-state index contributed by atoms with van der Waals surface area (Å²) in [7, 11) is 0. The molecule has 4 nitrogen and oxygen atoms in total. The van der Waals surface area contributed by atoms with E-state index in [-0.39, 0.29) is 12.6 Å². The first kappa shape index (κ1) is 14.1. The standard InChI is InChI=1S/C11H14Cl2N2O2/c1-7-9(12)5-8(6-10(7)13)15-11(17)14-3-2-4-16/h5-6,16H,2-4H2,1H3,(H2,14,15,17). The first-order valence-electron chi connectivity index (χ1n) is 5.16. The summed E-state index contributed by atoms with van der Waals surface area (Å²) in [5, 5.41) is 14.8. The van der Waals surface area contributed by atoms with Crippen LogP contribution in [-0.4, -0.2) is 24.3 Å². The molecule has 94 valence electrons. The quantitative estimate of drug-likeness (QED) is 0.741. The third-order valence-electron chi connectivity index (χ3n) is 2.16. The van der Waals surface area contributed by atoms with Crippen LogP contribution in [0.15, 0.2) is 12.1 Å². The summed E-state index contributed by atoms with van der Waals surface area (Å²) < 4.78 is 0. The van der Waals surface area contributed by atoms with E-state index in [0.717, 1.165) is 5.56 Å². The minimum Gasteiger partial charge on any atom is -0.396 e. The highest BCUT2D eigenvalue weighted by atomic mass is 35.5. The zero-order valence-corrected chi connectivity index (χ0v) is 10.9. The molecule has 0 bridgehead atoms. The Labute approximate surface area is 110 Å². The average molecular weight is 277 g/mol. The number of aliphatic hydroxyl groups is 1. The van der Waals surface area contributed by atoms with Crippen LogP contribution in [0.2, 0.25) is 10.0 Å². The summed E-state index contributed by atoms with van der Waals surface area (Å²) in [6, 6.07) is 2.91. The van der Waals surface area contributed by atoms with Crippen LogP contribution in [0, 0.1) is 6.92 Å². The number of carbonyl (C=O) groups excluding carboxylic acids is 1. The van der Waals surface area contributed by atoms with Crippen LogP contribution in [0.25, 0.3) is 0 Å². The molecule has 1 aromatic carbocycles. The molecule has 1 rings (SSSR count). The van der Waals surface area contributed by atoms with Crippen LogP contribution in [-0.2, 0) is 0 Å². The summed E-state index contributed by atoms with van der Waals surface area (Å²) in [5.41, 5.74) is 1.31. The minimum absolute atomic E-state index is 0.0441. The van der Waals surface area contributed by atoms with Gasteiger partial charge in [0.15, 0.2) is 0 Å². The Morgan fingerprint density at radius 3 is 2.47 bits per heavy atom. The van der Waals surface area contributed by atoms with Crippen molar-refractivity contribution in [1.82, 2.24) is 5.32 Å². The Bertz CT molecular complexity index is 387. The number of amides is 2. The number of anilines is 1. The zero-order valence-electron chi connectivity index (χ0n) is 9.39. The van der Waals surface area contributed by atoms with Gasteiger partial charge in [0.25, 0.3) is 0 Å². The molecule has 0 atom stereocenters. The first-order valence-corrected chi connectivity index (χ1v) is 5.91. The summed E-state index contributed by atoms with van der Waals surface area (Å²) in [5.74, 6) is 0. The second kappa shape index (κ2) is 6.69. The van der Waals surface area contributed by atoms with Crippen molar-refractivity contribution in [2.24, 2.45) is 0 Å². The number of halogens is 2. The molecule has 6 heteroatoms. The molecule has 2 amide bonds. The summed E-state index contributed by atoms with van der Waals surface area (Å²) in [4.78, 5) is 11.4. The molecule has 17 heavy (non-hydrogen) atoms. The number of rotatable bonds is 4. The predicted molar refractivity (Wildman–Crippen MR) is 69.9 cm³/mol. The normalized spacial score (nSPS) is 10.1. The highest BCUT2D eigenvalue weighted by molar-refractivity contribution is 6.36. The molecule has 0 heterocycles. The van der Waals surface area contributed by atoms with Crippen LogP contribution < -0.4 is 10.6 Å². The Hall–Kier alpha value is -0.970. The second-order valence-electron chi connectivity index (χ2n) is 3.52. The summed E-state index contributed by atoms with van der Waals surface area (Å²) in [6.45, 7) is 2.26. The molecule has 0 aliphatic heterocycles. The molecular formula is C11H14Cl2N2O2.